The van der Waals surface area contributed by atoms with E-state index in [-0.39, 0.29) is 11.3 Å². The lowest BCUT2D eigenvalue weighted by Crippen LogP contribution is -2.29. The van der Waals surface area contributed by atoms with Crippen LogP contribution in [0.3, 0.4) is 0 Å². The van der Waals surface area contributed by atoms with Gasteiger partial charge >= 0.3 is 0 Å². The average Bonchev–Trinajstić information content (AvgIpc) is 3.14. The van der Waals surface area contributed by atoms with Crippen molar-refractivity contribution < 1.29 is 24.2 Å². The first-order valence-electron chi connectivity index (χ1n) is 12.1. The number of Topliss-reactive ketones (excluding diaryl/α,β-unsaturated/α-hetero) is 1. The Morgan fingerprint density at radius 2 is 1.61 bits per heavy atom. The molecule has 1 N–H and O–H groups in total. The highest BCUT2D eigenvalue weighted by atomic mass is 16.5. The van der Waals surface area contributed by atoms with Gasteiger partial charge in [-0.3, -0.25) is 14.5 Å². The van der Waals surface area contributed by atoms with Crippen LogP contribution in [-0.2, 0) is 9.59 Å². The van der Waals surface area contributed by atoms with Gasteiger partial charge in [-0.2, -0.15) is 0 Å². The highest BCUT2D eigenvalue weighted by Crippen LogP contribution is 2.43. The van der Waals surface area contributed by atoms with Crippen molar-refractivity contribution in [2.24, 2.45) is 0 Å². The van der Waals surface area contributed by atoms with Crippen molar-refractivity contribution in [3.63, 3.8) is 0 Å². The first kappa shape index (κ1) is 25.0. The molecule has 6 heteroatoms. The third-order valence-corrected chi connectivity index (χ3v) is 6.48. The number of amides is 1. The summed E-state index contributed by atoms with van der Waals surface area (Å²) in [6, 6.07) is 19.3. The molecular formula is C30H31NO5. The van der Waals surface area contributed by atoms with Crippen LogP contribution in [0.1, 0.15) is 55.0 Å². The summed E-state index contributed by atoms with van der Waals surface area (Å²) in [5.41, 5.74) is 3.65. The number of carbonyl (C=O) groups is 2. The fourth-order valence-electron chi connectivity index (χ4n) is 4.52. The lowest BCUT2D eigenvalue weighted by atomic mass is 9.93. The van der Waals surface area contributed by atoms with E-state index in [1.54, 1.807) is 37.4 Å². The molecule has 1 unspecified atom stereocenters. The molecule has 1 heterocycles. The van der Waals surface area contributed by atoms with Crippen LogP contribution in [-0.4, -0.2) is 30.5 Å². The minimum atomic E-state index is -0.799. The molecule has 1 aliphatic rings. The summed E-state index contributed by atoms with van der Waals surface area (Å²) >= 11 is 0. The first-order chi connectivity index (χ1) is 17.3. The smallest absolute Gasteiger partial charge is 0.300 e. The molecule has 1 fully saturated rings. The van der Waals surface area contributed by atoms with E-state index < -0.39 is 17.7 Å². The summed E-state index contributed by atoms with van der Waals surface area (Å²) in [6.45, 7) is 8.44. The maximum atomic E-state index is 13.4. The van der Waals surface area contributed by atoms with E-state index in [0.29, 0.717) is 40.8 Å². The van der Waals surface area contributed by atoms with E-state index in [1.807, 2.05) is 50.2 Å². The quantitative estimate of drug-likeness (QED) is 0.247. The Morgan fingerprint density at radius 3 is 2.17 bits per heavy atom. The van der Waals surface area contributed by atoms with Crippen molar-refractivity contribution in [3.05, 3.63) is 94.6 Å². The lowest BCUT2D eigenvalue weighted by Gasteiger charge is -2.26. The molecule has 3 aromatic rings. The second kappa shape index (κ2) is 10.3. The zero-order valence-electron chi connectivity index (χ0n) is 21.2. The molecule has 0 aromatic heterocycles. The molecule has 3 aromatic carbocycles. The van der Waals surface area contributed by atoms with Crippen LogP contribution in [0.4, 0.5) is 5.69 Å². The van der Waals surface area contributed by atoms with Gasteiger partial charge in [0.15, 0.2) is 0 Å². The molecule has 186 valence electrons. The number of nitrogens with zero attached hydrogens (tertiary/aromatic N) is 1. The molecule has 0 radical (unpaired) electrons. The third kappa shape index (κ3) is 4.59. The third-order valence-electron chi connectivity index (χ3n) is 6.48. The minimum absolute atomic E-state index is 0.0466. The maximum absolute atomic E-state index is 13.4. The molecule has 36 heavy (non-hydrogen) atoms. The van der Waals surface area contributed by atoms with E-state index in [4.69, 9.17) is 9.47 Å². The molecule has 1 saturated heterocycles. The van der Waals surface area contributed by atoms with Crippen LogP contribution in [0.5, 0.6) is 11.5 Å². The molecule has 1 aliphatic heterocycles. The fraction of sp³-hybridized carbons (Fsp3) is 0.267. The number of hydrogen-bond acceptors (Lipinski definition) is 5. The van der Waals surface area contributed by atoms with Gasteiger partial charge in [-0.25, -0.2) is 0 Å². The molecule has 4 rings (SSSR count). The van der Waals surface area contributed by atoms with Gasteiger partial charge in [0.2, 0.25) is 0 Å². The van der Waals surface area contributed by atoms with Gasteiger partial charge in [0, 0.05) is 11.3 Å². The van der Waals surface area contributed by atoms with Gasteiger partial charge in [0.05, 0.1) is 25.3 Å². The van der Waals surface area contributed by atoms with Gasteiger partial charge in [-0.05, 0) is 78.9 Å². The topological polar surface area (TPSA) is 76.1 Å². The minimum Gasteiger partial charge on any atom is -0.507 e. The summed E-state index contributed by atoms with van der Waals surface area (Å²) in [6.07, 6.45) is 0. The van der Waals surface area contributed by atoms with E-state index in [2.05, 4.69) is 13.8 Å². The fourth-order valence-corrected chi connectivity index (χ4v) is 4.52. The number of carbonyl (C=O) groups excluding carboxylic acids is 2. The molecule has 0 spiro atoms. The van der Waals surface area contributed by atoms with Crippen molar-refractivity contribution in [1.82, 2.24) is 0 Å². The number of methoxy groups -OCH3 is 1. The molecule has 0 bridgehead atoms. The SMILES string of the molecule is CCOc1ccc(C2/C(=C(/O)c3ccc(OC)cc3C)C(=O)C(=O)N2c2ccc(C(C)C)cc2)cc1. The Labute approximate surface area is 211 Å². The predicted octanol–water partition coefficient (Wildman–Crippen LogP) is 6.15. The van der Waals surface area contributed by atoms with Gasteiger partial charge in [-0.1, -0.05) is 38.1 Å². The van der Waals surface area contributed by atoms with Crippen molar-refractivity contribution >= 4 is 23.1 Å². The Balaban J connectivity index is 1.90. The normalized spacial score (nSPS) is 17.1. The van der Waals surface area contributed by atoms with E-state index in [1.165, 1.54) is 4.90 Å². The number of anilines is 1. The number of aliphatic hydroxyl groups excluding tert-OH is 1. The van der Waals surface area contributed by atoms with Gasteiger partial charge < -0.3 is 14.6 Å². The summed E-state index contributed by atoms with van der Waals surface area (Å²) in [4.78, 5) is 28.3. The Bertz CT molecular complexity index is 1310. The molecule has 0 saturated carbocycles. The van der Waals surface area contributed by atoms with E-state index in [9.17, 15) is 14.7 Å². The number of aryl methyl sites for hydroxylation is 1. The Kier molecular flexibility index (Phi) is 7.15. The number of hydrogen-bond donors (Lipinski definition) is 1. The van der Waals surface area contributed by atoms with Crippen LogP contribution in [0.15, 0.2) is 72.3 Å². The Hall–Kier alpha value is -4.06. The zero-order chi connectivity index (χ0) is 26.0. The molecule has 0 aliphatic carbocycles. The van der Waals surface area contributed by atoms with Crippen LogP contribution in [0, 0.1) is 6.92 Å². The predicted molar refractivity (Wildman–Crippen MR) is 141 cm³/mol. The average molecular weight is 486 g/mol. The van der Waals surface area contributed by atoms with Crippen LogP contribution in [0.2, 0.25) is 0 Å². The number of ketones is 1. The lowest BCUT2D eigenvalue weighted by molar-refractivity contribution is -0.132. The van der Waals surface area contributed by atoms with Gasteiger partial charge in [0.1, 0.15) is 17.3 Å². The van der Waals surface area contributed by atoms with Gasteiger partial charge in [0.25, 0.3) is 11.7 Å². The van der Waals surface area contributed by atoms with Crippen LogP contribution < -0.4 is 14.4 Å². The maximum Gasteiger partial charge on any atom is 0.300 e. The summed E-state index contributed by atoms with van der Waals surface area (Å²) < 4.78 is 10.9. The largest absolute Gasteiger partial charge is 0.507 e. The van der Waals surface area contributed by atoms with Crippen molar-refractivity contribution in [2.45, 2.75) is 39.7 Å². The second-order valence-electron chi connectivity index (χ2n) is 9.10. The monoisotopic (exact) mass is 485 g/mol. The van der Waals surface area contributed by atoms with Crippen molar-refractivity contribution in [3.8, 4) is 11.5 Å². The number of benzene rings is 3. The number of aliphatic hydroxyl groups is 1. The number of rotatable bonds is 7. The molecule has 1 amide bonds. The highest BCUT2D eigenvalue weighted by molar-refractivity contribution is 6.51. The van der Waals surface area contributed by atoms with Crippen LogP contribution in [0.25, 0.3) is 5.76 Å². The second-order valence-corrected chi connectivity index (χ2v) is 9.10. The summed E-state index contributed by atoms with van der Waals surface area (Å²) in [5, 5.41) is 11.4. The highest BCUT2D eigenvalue weighted by Gasteiger charge is 2.47. The van der Waals surface area contributed by atoms with E-state index >= 15 is 0 Å². The van der Waals surface area contributed by atoms with Crippen molar-refractivity contribution in [2.75, 3.05) is 18.6 Å². The molecule has 6 nitrogen and oxygen atoms in total. The van der Waals surface area contributed by atoms with Crippen molar-refractivity contribution in [1.29, 1.82) is 0 Å². The Morgan fingerprint density at radius 1 is 0.972 bits per heavy atom. The first-order valence-corrected chi connectivity index (χ1v) is 12.1. The number of ether oxygens (including phenoxy) is 2. The van der Waals surface area contributed by atoms with E-state index in [0.717, 1.165) is 11.1 Å². The summed E-state index contributed by atoms with van der Waals surface area (Å²) in [5.74, 6) is 0.0276. The zero-order valence-corrected chi connectivity index (χ0v) is 21.2. The summed E-state index contributed by atoms with van der Waals surface area (Å²) in [7, 11) is 1.57. The van der Waals surface area contributed by atoms with Gasteiger partial charge in [-0.15, -0.1) is 0 Å². The molecule has 1 atom stereocenters. The van der Waals surface area contributed by atoms with Crippen LogP contribution >= 0.6 is 0 Å². The standard InChI is InChI=1S/C30H31NO5/c1-6-36-23-13-9-21(10-14-23)27-26(28(32)25-16-15-24(35-5)17-19(25)4)29(33)30(34)31(27)22-11-7-20(8-12-22)18(2)3/h7-18,27,32H,6H2,1-5H3/b28-26-. The molecular weight excluding hydrogens is 454 g/mol.